The van der Waals surface area contributed by atoms with Gasteiger partial charge < -0.3 is 5.11 Å². The Bertz CT molecular complexity index is 72.8. The van der Waals surface area contributed by atoms with Crippen molar-refractivity contribution in [3.05, 3.63) is 0 Å². The van der Waals surface area contributed by atoms with Gasteiger partial charge in [-0.05, 0) is 5.75 Å². The summed E-state index contributed by atoms with van der Waals surface area (Å²) in [7, 11) is 0. The maximum atomic E-state index is 8.98. The molecule has 0 bridgehead atoms. The number of aliphatic hydroxyl groups excluding tert-OH is 1. The molecule has 4 heteroatoms. The van der Waals surface area contributed by atoms with Gasteiger partial charge in [-0.25, -0.2) is 0 Å². The zero-order valence-corrected chi connectivity index (χ0v) is 8.44. The van der Waals surface area contributed by atoms with E-state index in [4.69, 9.17) is 16.7 Å². The monoisotopic (exact) mass is 200 g/mol. The van der Waals surface area contributed by atoms with Crippen LogP contribution in [0.15, 0.2) is 0 Å². The highest BCUT2D eigenvalue weighted by Crippen LogP contribution is 2.11. The molecule has 0 amide bonds. The van der Waals surface area contributed by atoms with Crippen LogP contribution in [-0.2, 0) is 0 Å². The lowest BCUT2D eigenvalue weighted by atomic mass is 10.9. The van der Waals surface area contributed by atoms with Crippen LogP contribution in [0.3, 0.4) is 0 Å². The summed E-state index contributed by atoms with van der Waals surface area (Å²) >= 11 is 8.79. The van der Waals surface area contributed by atoms with Gasteiger partial charge in [-0.15, -0.1) is 23.4 Å². The molecule has 62 valence electrons. The Morgan fingerprint density at radius 2 is 2.20 bits per heavy atom. The topological polar surface area (TPSA) is 20.2 Å². The van der Waals surface area contributed by atoms with Crippen molar-refractivity contribution in [2.45, 2.75) is 12.4 Å². The summed E-state index contributed by atoms with van der Waals surface area (Å²) in [6, 6.07) is 0. The molecule has 0 spiro atoms. The molecule has 10 heavy (non-hydrogen) atoms. The van der Waals surface area contributed by atoms with Crippen molar-refractivity contribution < 1.29 is 5.11 Å². The highest BCUT2D eigenvalue weighted by atomic mass is 35.5. The lowest BCUT2D eigenvalue weighted by Crippen LogP contribution is -2.03. The summed E-state index contributed by atoms with van der Waals surface area (Å²) in [5, 5.41) is 8.98. The molecule has 0 aliphatic carbocycles. The van der Waals surface area contributed by atoms with Crippen LogP contribution < -0.4 is 0 Å². The van der Waals surface area contributed by atoms with Crippen molar-refractivity contribution in [3.8, 4) is 0 Å². The largest absolute Gasteiger partial charge is 0.381 e. The highest BCUT2D eigenvalue weighted by molar-refractivity contribution is 8.03. The van der Waals surface area contributed by atoms with Gasteiger partial charge in [0.15, 0.2) is 0 Å². The Labute approximate surface area is 75.9 Å². The number of rotatable bonds is 6. The summed E-state index contributed by atoms with van der Waals surface area (Å²) in [6.07, 6.45) is 0. The van der Waals surface area contributed by atoms with E-state index in [2.05, 4.69) is 6.92 Å². The minimum atomic E-state index is -0.376. The smallest absolute Gasteiger partial charge is 0.113 e. The fraction of sp³-hybridized carbons (Fsp3) is 1.00. The summed E-state index contributed by atoms with van der Waals surface area (Å²) in [5.41, 5.74) is -0.376. The van der Waals surface area contributed by atoms with Gasteiger partial charge in [0.05, 0.1) is 5.88 Å². The van der Waals surface area contributed by atoms with E-state index < -0.39 is 0 Å². The summed E-state index contributed by atoms with van der Waals surface area (Å²) in [4.78, 5) is 0. The van der Waals surface area contributed by atoms with Crippen LogP contribution in [0.25, 0.3) is 0 Å². The average molecular weight is 201 g/mol. The van der Waals surface area contributed by atoms with Gasteiger partial charge in [0.1, 0.15) is 5.44 Å². The van der Waals surface area contributed by atoms with E-state index in [-0.39, 0.29) is 5.44 Å². The molecule has 0 aromatic rings. The zero-order valence-electron chi connectivity index (χ0n) is 6.05. The summed E-state index contributed by atoms with van der Waals surface area (Å²) in [6.45, 7) is 2.13. The van der Waals surface area contributed by atoms with E-state index in [9.17, 15) is 0 Å². The molecule has 0 aliphatic heterocycles. The number of hydrogen-bond acceptors (Lipinski definition) is 3. The normalized spacial score (nSPS) is 13.5. The standard InChI is InChI=1S/C6H13ClOS2/c1-2-9-3-4-10-6(8)5-7/h6,8H,2-5H2,1H3. The van der Waals surface area contributed by atoms with Crippen molar-refractivity contribution in [1.82, 2.24) is 0 Å². The van der Waals surface area contributed by atoms with Gasteiger partial charge in [0.2, 0.25) is 0 Å². The minimum Gasteiger partial charge on any atom is -0.381 e. The molecule has 0 aliphatic rings. The summed E-state index contributed by atoms with van der Waals surface area (Å²) in [5.74, 6) is 3.58. The molecule has 0 saturated heterocycles. The molecule has 0 aromatic heterocycles. The third-order valence-corrected chi connectivity index (χ3v) is 3.50. The molecule has 0 aromatic carbocycles. The van der Waals surface area contributed by atoms with Crippen molar-refractivity contribution >= 4 is 35.1 Å². The van der Waals surface area contributed by atoms with Gasteiger partial charge in [0, 0.05) is 11.5 Å². The van der Waals surface area contributed by atoms with Crippen LogP contribution in [0, 0.1) is 0 Å². The van der Waals surface area contributed by atoms with E-state index in [1.807, 2.05) is 11.8 Å². The first-order chi connectivity index (χ1) is 4.81. The molecule has 0 rings (SSSR count). The van der Waals surface area contributed by atoms with Gasteiger partial charge in [-0.1, -0.05) is 6.92 Å². The van der Waals surface area contributed by atoms with E-state index in [1.165, 1.54) is 11.8 Å². The van der Waals surface area contributed by atoms with Crippen LogP contribution in [0.2, 0.25) is 0 Å². The van der Waals surface area contributed by atoms with E-state index in [0.717, 1.165) is 17.3 Å². The average Bonchev–Trinajstić information content (AvgIpc) is 1.98. The predicted molar refractivity (Wildman–Crippen MR) is 52.2 cm³/mol. The minimum absolute atomic E-state index is 0.335. The number of halogens is 1. The molecule has 0 radical (unpaired) electrons. The SMILES string of the molecule is CCSCCSC(O)CCl. The predicted octanol–water partition coefficient (Wildman–Crippen LogP) is 2.03. The number of aliphatic hydroxyl groups is 1. The van der Waals surface area contributed by atoms with E-state index in [1.54, 1.807) is 0 Å². The van der Waals surface area contributed by atoms with Crippen LogP contribution in [-0.4, -0.2) is 33.7 Å². The molecule has 1 unspecified atom stereocenters. The Morgan fingerprint density at radius 3 is 2.70 bits per heavy atom. The van der Waals surface area contributed by atoms with Gasteiger partial charge in [-0.2, -0.15) is 11.8 Å². The van der Waals surface area contributed by atoms with Gasteiger partial charge >= 0.3 is 0 Å². The quantitative estimate of drug-likeness (QED) is 0.403. The number of alkyl halides is 1. The second kappa shape index (κ2) is 8.05. The van der Waals surface area contributed by atoms with Crippen LogP contribution in [0.4, 0.5) is 0 Å². The fourth-order valence-electron chi connectivity index (χ4n) is 0.432. The Balaban J connectivity index is 2.89. The second-order valence-electron chi connectivity index (χ2n) is 1.68. The van der Waals surface area contributed by atoms with Gasteiger partial charge in [-0.3, -0.25) is 0 Å². The molecule has 1 atom stereocenters. The Hall–Kier alpha value is 0.950. The van der Waals surface area contributed by atoms with E-state index in [0.29, 0.717) is 5.88 Å². The van der Waals surface area contributed by atoms with Crippen LogP contribution >= 0.6 is 35.1 Å². The third kappa shape index (κ3) is 7.06. The number of thioether (sulfide) groups is 2. The number of hydrogen-bond donors (Lipinski definition) is 1. The first kappa shape index (κ1) is 11.0. The van der Waals surface area contributed by atoms with Crippen molar-refractivity contribution in [1.29, 1.82) is 0 Å². The second-order valence-corrected chi connectivity index (χ2v) is 4.66. The Kier molecular flexibility index (Phi) is 8.82. The van der Waals surface area contributed by atoms with Crippen LogP contribution in [0.1, 0.15) is 6.92 Å². The first-order valence-electron chi connectivity index (χ1n) is 3.24. The molecule has 1 nitrogen and oxygen atoms in total. The maximum Gasteiger partial charge on any atom is 0.113 e. The maximum absolute atomic E-state index is 8.98. The molecule has 0 saturated carbocycles. The fourth-order valence-corrected chi connectivity index (χ4v) is 2.21. The summed E-state index contributed by atoms with van der Waals surface area (Å²) < 4.78 is 0. The molecule has 0 fully saturated rings. The van der Waals surface area contributed by atoms with E-state index >= 15 is 0 Å². The van der Waals surface area contributed by atoms with Crippen LogP contribution in [0.5, 0.6) is 0 Å². The lowest BCUT2D eigenvalue weighted by molar-refractivity contribution is 0.287. The molecular weight excluding hydrogens is 188 g/mol. The first-order valence-corrected chi connectivity index (χ1v) is 5.98. The van der Waals surface area contributed by atoms with Crippen molar-refractivity contribution in [2.75, 3.05) is 23.1 Å². The molecular formula is C6H13ClOS2. The van der Waals surface area contributed by atoms with Gasteiger partial charge in [0.25, 0.3) is 0 Å². The zero-order chi connectivity index (χ0) is 7.82. The lowest BCUT2D eigenvalue weighted by Gasteiger charge is -2.04. The molecule has 1 N–H and O–H groups in total. The molecule has 0 heterocycles. The third-order valence-electron chi connectivity index (χ3n) is 0.874. The highest BCUT2D eigenvalue weighted by Gasteiger charge is 1.99. The van der Waals surface area contributed by atoms with Crippen molar-refractivity contribution in [3.63, 3.8) is 0 Å². The Morgan fingerprint density at radius 1 is 1.50 bits per heavy atom. The van der Waals surface area contributed by atoms with Crippen molar-refractivity contribution in [2.24, 2.45) is 0 Å².